The van der Waals surface area contributed by atoms with Gasteiger partial charge in [0.25, 0.3) is 5.91 Å². The number of carbonyl (C=O) groups is 1. The molecule has 0 radical (unpaired) electrons. The topological polar surface area (TPSA) is 32.3 Å². The van der Waals surface area contributed by atoms with Crippen LogP contribution in [0.15, 0.2) is 48.5 Å². The number of hydrogen-bond donors (Lipinski definition) is 1. The molecule has 0 aromatic heterocycles. The molecule has 0 unspecified atom stereocenters. The van der Waals surface area contributed by atoms with Crippen LogP contribution in [0.1, 0.15) is 32.5 Å². The first-order valence-corrected chi connectivity index (χ1v) is 10.6. The van der Waals surface area contributed by atoms with Gasteiger partial charge in [-0.3, -0.25) is 4.79 Å². The Kier molecular flexibility index (Phi) is 6.45. The van der Waals surface area contributed by atoms with Gasteiger partial charge in [0.2, 0.25) is 0 Å². The van der Waals surface area contributed by atoms with Gasteiger partial charge in [0, 0.05) is 17.8 Å². The van der Waals surface area contributed by atoms with E-state index >= 15 is 0 Å². The van der Waals surface area contributed by atoms with E-state index < -0.39 is 0 Å². The maximum Gasteiger partial charge on any atom is 0.255 e. The molecule has 3 nitrogen and oxygen atoms in total. The lowest BCUT2D eigenvalue weighted by Gasteiger charge is -2.21. The maximum atomic E-state index is 12.6. The van der Waals surface area contributed by atoms with E-state index in [9.17, 15) is 4.79 Å². The number of nitrogens with one attached hydrogen (secondary N) is 1. The number of thioether (sulfide) groups is 2. The molecule has 1 fully saturated rings. The number of benzene rings is 2. The summed E-state index contributed by atoms with van der Waals surface area (Å²) >= 11 is 4.00. The smallest absolute Gasteiger partial charge is 0.255 e. The van der Waals surface area contributed by atoms with Crippen molar-refractivity contribution in [2.75, 3.05) is 30.9 Å². The molecule has 0 saturated carbocycles. The third kappa shape index (κ3) is 5.03. The predicted molar refractivity (Wildman–Crippen MR) is 111 cm³/mol. The molecule has 2 aromatic carbocycles. The monoisotopic (exact) mass is 372 g/mol. The average Bonchev–Trinajstić information content (AvgIpc) is 2.64. The summed E-state index contributed by atoms with van der Waals surface area (Å²) in [6.07, 6.45) is 1.29. The van der Waals surface area contributed by atoms with Gasteiger partial charge in [0.05, 0.1) is 4.58 Å². The van der Waals surface area contributed by atoms with E-state index in [1.54, 1.807) is 0 Å². The Bertz CT molecular complexity index is 710. The van der Waals surface area contributed by atoms with Gasteiger partial charge in [0.15, 0.2) is 0 Å². The molecule has 0 aliphatic carbocycles. The van der Waals surface area contributed by atoms with Crippen LogP contribution in [0.3, 0.4) is 0 Å². The molecule has 1 aliphatic heterocycles. The molecular weight excluding hydrogens is 348 g/mol. The highest BCUT2D eigenvalue weighted by Crippen LogP contribution is 2.43. The number of nitrogens with zero attached hydrogens (tertiary/aromatic N) is 1. The van der Waals surface area contributed by atoms with Crippen molar-refractivity contribution in [3.05, 3.63) is 65.2 Å². The zero-order chi connectivity index (χ0) is 17.6. The molecule has 0 bridgehead atoms. The first kappa shape index (κ1) is 18.4. The van der Waals surface area contributed by atoms with Crippen molar-refractivity contribution >= 4 is 35.1 Å². The number of amides is 1. The normalized spacial score (nSPS) is 15.3. The first-order chi connectivity index (χ1) is 12.1. The number of hydrogen-bond acceptors (Lipinski definition) is 4. The van der Waals surface area contributed by atoms with Gasteiger partial charge in [-0.25, -0.2) is 0 Å². The summed E-state index contributed by atoms with van der Waals surface area (Å²) in [6.45, 7) is 0.797. The van der Waals surface area contributed by atoms with Crippen LogP contribution in [-0.2, 0) is 6.54 Å². The second kappa shape index (κ2) is 8.79. The highest BCUT2D eigenvalue weighted by Gasteiger charge is 2.17. The number of anilines is 1. The third-order valence-corrected chi connectivity index (χ3v) is 7.04. The minimum Gasteiger partial charge on any atom is -0.322 e. The van der Waals surface area contributed by atoms with Crippen molar-refractivity contribution in [1.82, 2.24) is 4.90 Å². The van der Waals surface area contributed by atoms with Crippen LogP contribution in [-0.4, -0.2) is 36.4 Å². The molecule has 1 aliphatic rings. The molecule has 3 rings (SSSR count). The zero-order valence-corrected chi connectivity index (χ0v) is 16.3. The Morgan fingerprint density at radius 3 is 2.44 bits per heavy atom. The van der Waals surface area contributed by atoms with Crippen molar-refractivity contribution in [3.63, 3.8) is 0 Å². The Balaban J connectivity index is 1.69. The molecule has 5 heteroatoms. The van der Waals surface area contributed by atoms with Gasteiger partial charge in [-0.05, 0) is 61.3 Å². The number of carbonyl (C=O) groups excluding carboxylic acids is 1. The second-order valence-corrected chi connectivity index (χ2v) is 9.12. The summed E-state index contributed by atoms with van der Waals surface area (Å²) in [5.74, 6) is 2.40. The third-order valence-electron chi connectivity index (χ3n) is 4.02. The average molecular weight is 373 g/mol. The van der Waals surface area contributed by atoms with Crippen molar-refractivity contribution in [2.45, 2.75) is 17.5 Å². The lowest BCUT2D eigenvalue weighted by Crippen LogP contribution is -2.16. The fraction of sp³-hybridized carbons (Fsp3) is 0.350. The Morgan fingerprint density at radius 1 is 1.08 bits per heavy atom. The highest BCUT2D eigenvalue weighted by atomic mass is 32.2. The molecule has 1 N–H and O–H groups in total. The number of rotatable bonds is 5. The Hall–Kier alpha value is -1.43. The van der Waals surface area contributed by atoms with Crippen LogP contribution in [0.25, 0.3) is 0 Å². The first-order valence-electron chi connectivity index (χ1n) is 8.50. The van der Waals surface area contributed by atoms with Gasteiger partial charge in [0.1, 0.15) is 0 Å². The summed E-state index contributed by atoms with van der Waals surface area (Å²) in [6, 6.07) is 16.0. The lowest BCUT2D eigenvalue weighted by molar-refractivity contribution is 0.102. The van der Waals surface area contributed by atoms with Gasteiger partial charge in [-0.15, -0.1) is 23.5 Å². The fourth-order valence-electron chi connectivity index (χ4n) is 2.79. The van der Waals surface area contributed by atoms with E-state index in [0.29, 0.717) is 10.1 Å². The second-order valence-electron chi connectivity index (χ2n) is 6.40. The quantitative estimate of drug-likeness (QED) is 0.812. The van der Waals surface area contributed by atoms with Crippen molar-refractivity contribution in [2.24, 2.45) is 0 Å². The minimum atomic E-state index is -0.0540. The maximum absolute atomic E-state index is 12.6. The van der Waals surface area contributed by atoms with Crippen molar-refractivity contribution in [3.8, 4) is 0 Å². The molecule has 2 aromatic rings. The van der Waals surface area contributed by atoms with Crippen LogP contribution >= 0.6 is 23.5 Å². The highest BCUT2D eigenvalue weighted by molar-refractivity contribution is 8.16. The van der Waals surface area contributed by atoms with Crippen LogP contribution in [0.5, 0.6) is 0 Å². The summed E-state index contributed by atoms with van der Waals surface area (Å²) in [5, 5.41) is 3.06. The predicted octanol–water partition coefficient (Wildman–Crippen LogP) is 4.87. The Morgan fingerprint density at radius 2 is 1.76 bits per heavy atom. The minimum absolute atomic E-state index is 0.0540. The molecule has 0 atom stereocenters. The van der Waals surface area contributed by atoms with Crippen molar-refractivity contribution < 1.29 is 4.79 Å². The summed E-state index contributed by atoms with van der Waals surface area (Å²) in [4.78, 5) is 14.7. The van der Waals surface area contributed by atoms with E-state index in [-0.39, 0.29) is 5.91 Å². The Labute approximate surface area is 158 Å². The van der Waals surface area contributed by atoms with Gasteiger partial charge < -0.3 is 10.2 Å². The molecule has 1 amide bonds. The molecule has 1 saturated heterocycles. The summed E-state index contributed by atoms with van der Waals surface area (Å²) in [5.41, 5.74) is 4.00. The van der Waals surface area contributed by atoms with Crippen LogP contribution in [0.2, 0.25) is 0 Å². The summed E-state index contributed by atoms with van der Waals surface area (Å²) in [7, 11) is 4.05. The van der Waals surface area contributed by atoms with Gasteiger partial charge in [-0.1, -0.05) is 30.3 Å². The summed E-state index contributed by atoms with van der Waals surface area (Å²) < 4.78 is 0.506. The van der Waals surface area contributed by atoms with Crippen LogP contribution in [0, 0.1) is 0 Å². The van der Waals surface area contributed by atoms with E-state index in [4.69, 9.17) is 0 Å². The lowest BCUT2D eigenvalue weighted by atomic mass is 10.1. The van der Waals surface area contributed by atoms with Crippen molar-refractivity contribution in [1.29, 1.82) is 0 Å². The molecule has 25 heavy (non-hydrogen) atoms. The fourth-order valence-corrected chi connectivity index (χ4v) is 5.68. The standard InChI is InChI=1S/C20H24N2OS2/c1-22(2)14-17-6-3-4-7-18(17)21-19(23)15-8-10-16(11-9-15)20-24-12-5-13-25-20/h3-4,6-11,20H,5,12-14H2,1-2H3,(H,21,23). The van der Waals surface area contributed by atoms with Crippen LogP contribution < -0.4 is 5.32 Å². The van der Waals surface area contributed by atoms with Gasteiger partial charge >= 0.3 is 0 Å². The largest absolute Gasteiger partial charge is 0.322 e. The molecule has 0 spiro atoms. The van der Waals surface area contributed by atoms with E-state index in [1.165, 1.54) is 23.5 Å². The molecule has 132 valence electrons. The van der Waals surface area contributed by atoms with E-state index in [0.717, 1.165) is 17.8 Å². The van der Waals surface area contributed by atoms with Gasteiger partial charge in [-0.2, -0.15) is 0 Å². The molecule has 1 heterocycles. The SMILES string of the molecule is CN(C)Cc1ccccc1NC(=O)c1ccc(C2SCCCS2)cc1. The number of para-hydroxylation sites is 1. The zero-order valence-electron chi connectivity index (χ0n) is 14.7. The van der Waals surface area contributed by atoms with Crippen LogP contribution in [0.4, 0.5) is 5.69 Å². The van der Waals surface area contributed by atoms with E-state index in [2.05, 4.69) is 28.4 Å². The molecular formula is C20H24N2OS2. The van der Waals surface area contributed by atoms with E-state index in [1.807, 2.05) is 68.0 Å².